The van der Waals surface area contributed by atoms with Gasteiger partial charge in [-0.2, -0.15) is 0 Å². The third-order valence-corrected chi connectivity index (χ3v) is 17.4. The van der Waals surface area contributed by atoms with Crippen LogP contribution in [0.4, 0.5) is 0 Å². The zero-order valence-corrected chi connectivity index (χ0v) is 50.6. The highest BCUT2D eigenvalue weighted by Gasteiger charge is 2.41. The van der Waals surface area contributed by atoms with Crippen molar-refractivity contribution in [1.82, 2.24) is 71.3 Å². The van der Waals surface area contributed by atoms with Crippen LogP contribution in [0.3, 0.4) is 0 Å². The first-order valence-corrected chi connectivity index (χ1v) is 30.9. The summed E-state index contributed by atoms with van der Waals surface area (Å²) in [6.45, 7) is -3.06. The average Bonchev–Trinajstić information content (AvgIpc) is 1.22. The molecule has 0 bridgehead atoms. The smallest absolute Gasteiger partial charge is 0.274 e. The Balaban J connectivity index is 0.992. The molecule has 8 N–H and O–H groups in total. The third kappa shape index (κ3) is 15.5. The summed E-state index contributed by atoms with van der Waals surface area (Å²) >= 11 is 0. The number of rotatable bonds is 4. The van der Waals surface area contributed by atoms with Gasteiger partial charge in [0.05, 0.1) is 37.2 Å². The predicted molar refractivity (Wildman–Crippen MR) is 323 cm³/mol. The second kappa shape index (κ2) is 29.7. The summed E-state index contributed by atoms with van der Waals surface area (Å²) in [5, 5.41) is 39.0. The molecule has 0 spiro atoms. The molecule has 90 heavy (non-hydrogen) atoms. The van der Waals surface area contributed by atoms with Crippen molar-refractivity contribution >= 4 is 92.7 Å². The van der Waals surface area contributed by atoms with Gasteiger partial charge in [-0.25, -0.2) is 9.97 Å². The van der Waals surface area contributed by atoms with Gasteiger partial charge in [0.2, 0.25) is 59.1 Å². The number of aromatic hydroxyl groups is 2. The van der Waals surface area contributed by atoms with Crippen LogP contribution < -0.4 is 31.9 Å². The molecule has 28 heteroatoms. The lowest BCUT2D eigenvalue weighted by Gasteiger charge is -2.37. The van der Waals surface area contributed by atoms with E-state index >= 15 is 0 Å². The number of nitrogens with one attached hydrogen (secondary N) is 6. The molecule has 9 rings (SSSR count). The summed E-state index contributed by atoms with van der Waals surface area (Å²) < 4.78 is 0. The summed E-state index contributed by atoms with van der Waals surface area (Å²) in [6, 6.07) is 8.41. The summed E-state index contributed by atoms with van der Waals surface area (Å²) in [5.74, 6) is -9.93. The molecule has 5 aliphatic rings. The molecule has 7 heterocycles. The molecular formula is C62H78N14O14. The molecule has 28 nitrogen and oxygen atoms in total. The molecule has 0 radical (unpaired) electrons. The summed E-state index contributed by atoms with van der Waals surface area (Å²) in [6.07, 6.45) is 5.94. The number of amides is 12. The minimum Gasteiger partial charge on any atom is -0.505 e. The predicted octanol–water partition coefficient (Wildman–Crippen LogP) is -0.209. The van der Waals surface area contributed by atoms with Gasteiger partial charge < -0.3 is 71.5 Å². The number of pyridine rings is 2. The molecule has 5 aliphatic heterocycles. The number of nitrogens with zero attached hydrogens (tertiary/aromatic N) is 8. The van der Waals surface area contributed by atoms with Crippen LogP contribution in [0.25, 0.3) is 21.8 Å². The molecule has 0 unspecified atom stereocenters. The monoisotopic (exact) mass is 1240 g/mol. The van der Waals surface area contributed by atoms with E-state index in [9.17, 15) is 67.7 Å². The first-order chi connectivity index (χ1) is 43.3. The van der Waals surface area contributed by atoms with Gasteiger partial charge in [-0.3, -0.25) is 57.5 Å². The highest BCUT2D eigenvalue weighted by molar-refractivity contribution is 6.03. The van der Waals surface area contributed by atoms with Gasteiger partial charge in [0, 0.05) is 64.1 Å². The summed E-state index contributed by atoms with van der Waals surface area (Å²) in [5.41, 5.74) is -0.118. The van der Waals surface area contributed by atoms with Crippen LogP contribution in [0.1, 0.15) is 111 Å². The Morgan fingerprint density at radius 1 is 0.444 bits per heavy atom. The van der Waals surface area contributed by atoms with E-state index in [2.05, 4.69) is 41.9 Å². The first-order valence-electron chi connectivity index (χ1n) is 30.9. The number of benzene rings is 2. The highest BCUT2D eigenvalue weighted by Crippen LogP contribution is 2.27. The SMILES string of the molecule is CN1CC(=O)N2CCCCC[C@H]2C(=O)NC[C@@H](NC(=O)c2nc3ccccc3cc2O)C(=O)N2CCCC[C@H]2C(=O)NCC(=O)N(C)CC(=O)N2CCCCC[C@H]2C(=O)NC[C@@H](NC(=O)c2nc3ccccc3cc2O)C(=O)N2CCCC[C@H]2C(=O)NCC1=O. The van der Waals surface area contributed by atoms with Crippen molar-refractivity contribution in [2.75, 3.05) is 79.5 Å². The lowest BCUT2D eigenvalue weighted by atomic mass is 9.99. The van der Waals surface area contributed by atoms with Crippen molar-refractivity contribution in [1.29, 1.82) is 0 Å². The van der Waals surface area contributed by atoms with Gasteiger partial charge >= 0.3 is 0 Å². The maximum Gasteiger partial charge on any atom is 0.274 e. The van der Waals surface area contributed by atoms with Crippen LogP contribution in [0.5, 0.6) is 11.5 Å². The van der Waals surface area contributed by atoms with Crippen LogP contribution in [0.2, 0.25) is 0 Å². The number of piperidine rings is 2. The number of hydrogen-bond acceptors (Lipinski definition) is 16. The number of hydrogen-bond donors (Lipinski definition) is 8. The van der Waals surface area contributed by atoms with E-state index < -0.39 is 169 Å². The van der Waals surface area contributed by atoms with E-state index in [1.165, 1.54) is 45.8 Å². The van der Waals surface area contributed by atoms with Crippen molar-refractivity contribution in [3.8, 4) is 11.5 Å². The Bertz CT molecular complexity index is 3220. The minimum absolute atomic E-state index is 0.0302. The Morgan fingerprint density at radius 2 is 0.778 bits per heavy atom. The second-order valence-corrected chi connectivity index (χ2v) is 23.6. The molecular weight excluding hydrogens is 1160 g/mol. The first kappa shape index (κ1) is 65.0. The van der Waals surface area contributed by atoms with Crippen molar-refractivity contribution in [2.45, 2.75) is 126 Å². The van der Waals surface area contributed by atoms with E-state index in [0.717, 1.165) is 9.80 Å². The van der Waals surface area contributed by atoms with Crippen molar-refractivity contribution in [2.24, 2.45) is 0 Å². The number of para-hydroxylation sites is 2. The highest BCUT2D eigenvalue weighted by atomic mass is 16.3. The normalized spacial score (nSPS) is 24.3. The van der Waals surface area contributed by atoms with Crippen molar-refractivity contribution in [3.05, 3.63) is 72.1 Å². The Hall–Kier alpha value is -9.50. The van der Waals surface area contributed by atoms with E-state index in [-0.39, 0.29) is 51.9 Å². The van der Waals surface area contributed by atoms with Crippen LogP contribution in [0, 0.1) is 0 Å². The minimum atomic E-state index is -1.58. The van der Waals surface area contributed by atoms with Gasteiger partial charge in [0.1, 0.15) is 47.8 Å². The zero-order valence-electron chi connectivity index (χ0n) is 50.6. The fraction of sp³-hybridized carbons (Fsp3) is 0.516. The van der Waals surface area contributed by atoms with Gasteiger partial charge in [0.15, 0.2) is 11.4 Å². The standard InChI is InChI=1S/C62H78N14O14/c1-71-35-51(81)73-25-13-3-5-21-43(73)55(83)63-31-41(69-59(87)53-47(77)29-37-17-7-9-19-39(37)67-53)62(90)76-28-16-12-24-46(76)58(86)66-34-50(80)72(2)36-52(82)74-26-14-4-6-22-44(74)56(84)64-32-42(61(89)75-27-15-11-23-45(75)57(85)65-33-49(71)79)70-60(88)54-48(78)30-38-18-8-10-20-40(38)68-54/h7-10,17-20,29-30,41-46,77-78H,3-6,11-16,21-28,31-36H2,1-2H3,(H,63,83)(H,64,84)(H,65,85)(H,66,86)(H,69,87)(H,70,88)/t41-,42-,43+,44+,45+,46+/m1/s1. The quantitative estimate of drug-likeness (QED) is 0.131. The molecule has 2 aromatic carbocycles. The molecule has 12 amide bonds. The number of carbonyl (C=O) groups excluding carboxylic acids is 12. The van der Waals surface area contributed by atoms with E-state index in [4.69, 9.17) is 0 Å². The fourth-order valence-corrected chi connectivity index (χ4v) is 12.3. The van der Waals surface area contributed by atoms with Gasteiger partial charge in [-0.05, 0) is 88.5 Å². The van der Waals surface area contributed by atoms with Gasteiger partial charge in [0.25, 0.3) is 11.8 Å². The largest absolute Gasteiger partial charge is 0.505 e. The van der Waals surface area contributed by atoms with Crippen LogP contribution in [0.15, 0.2) is 60.7 Å². The number of fused-ring (bicyclic) bond motifs is 6. The fourth-order valence-electron chi connectivity index (χ4n) is 12.3. The molecule has 4 aromatic rings. The van der Waals surface area contributed by atoms with E-state index in [1.807, 2.05) is 0 Å². The molecule has 480 valence electrons. The lowest BCUT2D eigenvalue weighted by Crippen LogP contribution is -2.61. The average molecular weight is 1240 g/mol. The Kier molecular flexibility index (Phi) is 21.4. The molecule has 5 fully saturated rings. The van der Waals surface area contributed by atoms with Crippen molar-refractivity contribution in [3.63, 3.8) is 0 Å². The number of aromatic nitrogens is 2. The summed E-state index contributed by atoms with van der Waals surface area (Å²) in [4.78, 5) is 187. The van der Waals surface area contributed by atoms with E-state index in [0.29, 0.717) is 86.0 Å². The number of likely N-dealkylation sites (N-methyl/N-ethyl adjacent to an activating group) is 2. The third-order valence-electron chi connectivity index (χ3n) is 17.4. The maximum absolute atomic E-state index is 14.9. The maximum atomic E-state index is 14.9. The topological polar surface area (TPSA) is 363 Å². The van der Waals surface area contributed by atoms with Crippen LogP contribution in [-0.2, 0) is 47.9 Å². The summed E-state index contributed by atoms with van der Waals surface area (Å²) in [7, 11) is 2.70. The lowest BCUT2D eigenvalue weighted by molar-refractivity contribution is -0.146. The van der Waals surface area contributed by atoms with Gasteiger partial charge in [-0.1, -0.05) is 62.1 Å². The van der Waals surface area contributed by atoms with E-state index in [1.54, 1.807) is 48.5 Å². The van der Waals surface area contributed by atoms with Crippen LogP contribution in [-0.4, -0.2) is 236 Å². The number of carbonyl (C=O) groups is 12. The molecule has 0 saturated carbocycles. The molecule has 2 aromatic heterocycles. The molecule has 6 atom stereocenters. The van der Waals surface area contributed by atoms with Crippen molar-refractivity contribution < 1.29 is 67.7 Å². The van der Waals surface area contributed by atoms with Gasteiger partial charge in [-0.15, -0.1) is 0 Å². The van der Waals surface area contributed by atoms with Crippen LogP contribution >= 0.6 is 0 Å². The Morgan fingerprint density at radius 3 is 1.18 bits per heavy atom. The zero-order chi connectivity index (χ0) is 64.2. The molecule has 5 saturated heterocycles. The molecule has 0 aliphatic carbocycles. The second-order valence-electron chi connectivity index (χ2n) is 23.6. The Labute approximate surface area is 519 Å².